The second-order valence-corrected chi connectivity index (χ2v) is 6.58. The van der Waals surface area contributed by atoms with E-state index in [9.17, 15) is 0 Å². The first-order chi connectivity index (χ1) is 8.70. The van der Waals surface area contributed by atoms with Gasteiger partial charge >= 0.3 is 0 Å². The molecule has 2 fully saturated rings. The molecule has 3 N–H and O–H groups in total. The molecule has 3 unspecified atom stereocenters. The SMILES string of the molecule is COC1(C(CC2CCCC2)NN)CCCC(C)C1. The number of hydrogen-bond acceptors (Lipinski definition) is 3. The average molecular weight is 254 g/mol. The Morgan fingerprint density at radius 2 is 2.00 bits per heavy atom. The minimum Gasteiger partial charge on any atom is -0.377 e. The van der Waals surface area contributed by atoms with Crippen molar-refractivity contribution in [3.8, 4) is 0 Å². The van der Waals surface area contributed by atoms with Crippen LogP contribution in [0.15, 0.2) is 0 Å². The first-order valence-electron chi connectivity index (χ1n) is 7.71. The van der Waals surface area contributed by atoms with Gasteiger partial charge in [0.25, 0.3) is 0 Å². The average Bonchev–Trinajstić information content (AvgIpc) is 2.88. The van der Waals surface area contributed by atoms with Gasteiger partial charge in [-0.1, -0.05) is 45.4 Å². The first kappa shape index (κ1) is 14.3. The number of methoxy groups -OCH3 is 1. The molecule has 3 atom stereocenters. The summed E-state index contributed by atoms with van der Waals surface area (Å²) >= 11 is 0. The molecule has 0 aliphatic heterocycles. The summed E-state index contributed by atoms with van der Waals surface area (Å²) in [4.78, 5) is 0. The second kappa shape index (κ2) is 6.36. The summed E-state index contributed by atoms with van der Waals surface area (Å²) in [5.41, 5.74) is 3.07. The van der Waals surface area contributed by atoms with Crippen molar-refractivity contribution in [2.45, 2.75) is 76.4 Å². The minimum absolute atomic E-state index is 0.0188. The summed E-state index contributed by atoms with van der Waals surface area (Å²) in [6.07, 6.45) is 11.7. The van der Waals surface area contributed by atoms with Gasteiger partial charge in [-0.2, -0.15) is 0 Å². The Morgan fingerprint density at radius 1 is 1.28 bits per heavy atom. The van der Waals surface area contributed by atoms with Crippen LogP contribution in [0, 0.1) is 11.8 Å². The number of nitrogens with one attached hydrogen (secondary N) is 1. The van der Waals surface area contributed by atoms with Crippen LogP contribution < -0.4 is 11.3 Å². The zero-order valence-electron chi connectivity index (χ0n) is 12.1. The van der Waals surface area contributed by atoms with Crippen LogP contribution in [0.2, 0.25) is 0 Å². The molecule has 2 rings (SSSR count). The standard InChI is InChI=1S/C15H30N2O/c1-12-6-5-9-15(11-12,18-2)14(17-16)10-13-7-3-4-8-13/h12-14,17H,3-11,16H2,1-2H3. The van der Waals surface area contributed by atoms with E-state index in [4.69, 9.17) is 10.6 Å². The van der Waals surface area contributed by atoms with Crippen molar-refractivity contribution in [1.82, 2.24) is 5.43 Å². The molecule has 3 heteroatoms. The van der Waals surface area contributed by atoms with Gasteiger partial charge in [-0.05, 0) is 31.1 Å². The lowest BCUT2D eigenvalue weighted by Crippen LogP contribution is -2.57. The number of rotatable bonds is 5. The smallest absolute Gasteiger partial charge is 0.0847 e. The first-order valence-corrected chi connectivity index (χ1v) is 7.71. The van der Waals surface area contributed by atoms with Gasteiger partial charge in [0, 0.05) is 7.11 Å². The van der Waals surface area contributed by atoms with E-state index in [-0.39, 0.29) is 5.60 Å². The van der Waals surface area contributed by atoms with E-state index in [0.717, 1.165) is 24.7 Å². The van der Waals surface area contributed by atoms with Gasteiger partial charge in [0.15, 0.2) is 0 Å². The van der Waals surface area contributed by atoms with Gasteiger partial charge in [0.05, 0.1) is 11.6 Å². The lowest BCUT2D eigenvalue weighted by atomic mass is 9.72. The highest BCUT2D eigenvalue weighted by molar-refractivity contribution is 4.97. The lowest BCUT2D eigenvalue weighted by molar-refractivity contribution is -0.0838. The molecule has 0 aromatic heterocycles. The summed E-state index contributed by atoms with van der Waals surface area (Å²) in [6, 6.07) is 0.327. The van der Waals surface area contributed by atoms with Gasteiger partial charge in [-0.15, -0.1) is 0 Å². The third kappa shape index (κ3) is 3.06. The molecule has 0 aromatic carbocycles. The molecule has 18 heavy (non-hydrogen) atoms. The largest absolute Gasteiger partial charge is 0.377 e. The number of nitrogens with two attached hydrogens (primary N) is 1. The van der Waals surface area contributed by atoms with Crippen LogP contribution >= 0.6 is 0 Å². The van der Waals surface area contributed by atoms with Crippen molar-refractivity contribution in [1.29, 1.82) is 0 Å². The molecular formula is C15H30N2O. The van der Waals surface area contributed by atoms with Crippen LogP contribution in [0.1, 0.15) is 64.7 Å². The second-order valence-electron chi connectivity index (χ2n) is 6.58. The van der Waals surface area contributed by atoms with E-state index in [2.05, 4.69) is 12.3 Å². The van der Waals surface area contributed by atoms with Crippen LogP contribution in [-0.4, -0.2) is 18.8 Å². The van der Waals surface area contributed by atoms with E-state index >= 15 is 0 Å². The summed E-state index contributed by atoms with van der Waals surface area (Å²) in [5.74, 6) is 7.48. The fourth-order valence-corrected chi connectivity index (χ4v) is 4.20. The minimum atomic E-state index is -0.0188. The van der Waals surface area contributed by atoms with E-state index in [1.807, 2.05) is 7.11 Å². The molecule has 0 radical (unpaired) electrons. The van der Waals surface area contributed by atoms with Gasteiger partial charge in [-0.3, -0.25) is 11.3 Å². The molecule has 0 aromatic rings. The Kier molecular flexibility index (Phi) is 5.05. The molecular weight excluding hydrogens is 224 g/mol. The predicted molar refractivity (Wildman–Crippen MR) is 75.1 cm³/mol. The molecule has 2 saturated carbocycles. The molecule has 3 nitrogen and oxygen atoms in total. The van der Waals surface area contributed by atoms with Crippen molar-refractivity contribution in [2.24, 2.45) is 17.7 Å². The molecule has 0 heterocycles. The highest BCUT2D eigenvalue weighted by atomic mass is 16.5. The molecule has 0 saturated heterocycles. The Bertz CT molecular complexity index is 253. The zero-order valence-corrected chi connectivity index (χ0v) is 12.1. The highest BCUT2D eigenvalue weighted by Crippen LogP contribution is 2.40. The maximum absolute atomic E-state index is 5.97. The lowest BCUT2D eigenvalue weighted by Gasteiger charge is -2.45. The van der Waals surface area contributed by atoms with Crippen LogP contribution in [0.25, 0.3) is 0 Å². The summed E-state index contributed by atoms with van der Waals surface area (Å²) in [5, 5.41) is 0. The summed E-state index contributed by atoms with van der Waals surface area (Å²) < 4.78 is 5.97. The zero-order chi connectivity index (χ0) is 13.0. The third-order valence-electron chi connectivity index (χ3n) is 5.28. The molecule has 106 valence electrons. The Labute approximate surface area is 112 Å². The van der Waals surface area contributed by atoms with Crippen molar-refractivity contribution in [3.63, 3.8) is 0 Å². The quantitative estimate of drug-likeness (QED) is 0.585. The molecule has 2 aliphatic carbocycles. The van der Waals surface area contributed by atoms with Crippen molar-refractivity contribution < 1.29 is 4.74 Å². The topological polar surface area (TPSA) is 47.3 Å². The van der Waals surface area contributed by atoms with Crippen LogP contribution in [0.4, 0.5) is 0 Å². The monoisotopic (exact) mass is 254 g/mol. The fraction of sp³-hybridized carbons (Fsp3) is 1.00. The molecule has 0 spiro atoms. The van der Waals surface area contributed by atoms with Crippen molar-refractivity contribution >= 4 is 0 Å². The number of hydrazine groups is 1. The normalized spacial score (nSPS) is 35.8. The third-order valence-corrected chi connectivity index (χ3v) is 5.28. The van der Waals surface area contributed by atoms with E-state index in [0.29, 0.717) is 6.04 Å². The highest BCUT2D eigenvalue weighted by Gasteiger charge is 2.42. The maximum Gasteiger partial charge on any atom is 0.0847 e. The summed E-state index contributed by atoms with van der Waals surface area (Å²) in [7, 11) is 1.87. The number of ether oxygens (including phenoxy) is 1. The Morgan fingerprint density at radius 3 is 2.56 bits per heavy atom. The number of hydrogen-bond donors (Lipinski definition) is 2. The fourth-order valence-electron chi connectivity index (χ4n) is 4.20. The van der Waals surface area contributed by atoms with Gasteiger partial charge in [-0.25, -0.2) is 0 Å². The molecule has 0 bridgehead atoms. The van der Waals surface area contributed by atoms with Crippen LogP contribution in [0.3, 0.4) is 0 Å². The van der Waals surface area contributed by atoms with Crippen molar-refractivity contribution in [2.75, 3.05) is 7.11 Å². The van der Waals surface area contributed by atoms with Crippen LogP contribution in [0.5, 0.6) is 0 Å². The Hall–Kier alpha value is -0.120. The van der Waals surface area contributed by atoms with Gasteiger partial charge in [0.2, 0.25) is 0 Å². The Balaban J connectivity index is 2.02. The van der Waals surface area contributed by atoms with Crippen LogP contribution in [-0.2, 0) is 4.74 Å². The molecule has 2 aliphatic rings. The summed E-state index contributed by atoms with van der Waals surface area (Å²) in [6.45, 7) is 2.34. The van der Waals surface area contributed by atoms with E-state index in [1.165, 1.54) is 44.9 Å². The maximum atomic E-state index is 5.97. The predicted octanol–water partition coefficient (Wildman–Crippen LogP) is 2.99. The van der Waals surface area contributed by atoms with Gasteiger partial charge in [0.1, 0.15) is 0 Å². The van der Waals surface area contributed by atoms with Gasteiger partial charge < -0.3 is 4.74 Å². The van der Waals surface area contributed by atoms with Crippen molar-refractivity contribution in [3.05, 3.63) is 0 Å². The van der Waals surface area contributed by atoms with E-state index < -0.39 is 0 Å². The molecule has 0 amide bonds. The van der Waals surface area contributed by atoms with E-state index in [1.54, 1.807) is 0 Å².